The molecule has 0 saturated carbocycles. The van der Waals surface area contributed by atoms with Crippen molar-refractivity contribution in [2.75, 3.05) is 40.9 Å². The van der Waals surface area contributed by atoms with Crippen LogP contribution >= 0.6 is 7.82 Å². The van der Waals surface area contributed by atoms with E-state index in [4.69, 9.17) is 13.8 Å². The number of carbonyl (C=O) groups excluding carboxylic acids is 2. The molecule has 374 valence electrons. The van der Waals surface area contributed by atoms with Crippen molar-refractivity contribution < 1.29 is 37.3 Å². The highest BCUT2D eigenvalue weighted by Gasteiger charge is 2.30. The van der Waals surface area contributed by atoms with E-state index in [1.54, 1.807) is 0 Å². The fourth-order valence-electron chi connectivity index (χ4n) is 6.89. The minimum Gasteiger partial charge on any atom is -0.456 e. The zero-order chi connectivity index (χ0) is 48.0. The summed E-state index contributed by atoms with van der Waals surface area (Å²) >= 11 is 0. The Morgan fingerprint density at radius 1 is 0.569 bits per heavy atom. The highest BCUT2D eigenvalue weighted by Crippen LogP contribution is 2.43. The predicted octanol–water partition coefficient (Wildman–Crippen LogP) is 15.1. The average molecular weight is 930 g/mol. The fraction of sp³-hybridized carbons (Fsp3) is 0.709. The largest absolute Gasteiger partial charge is 0.472 e. The van der Waals surface area contributed by atoms with Crippen molar-refractivity contribution in [2.24, 2.45) is 0 Å². The number of ether oxygens (including phenoxy) is 1. The molecule has 65 heavy (non-hydrogen) atoms. The van der Waals surface area contributed by atoms with Gasteiger partial charge in [0.2, 0.25) is 5.91 Å². The van der Waals surface area contributed by atoms with E-state index in [-0.39, 0.29) is 31.5 Å². The van der Waals surface area contributed by atoms with Gasteiger partial charge in [-0.3, -0.25) is 18.6 Å². The molecule has 3 atom stereocenters. The molecule has 2 N–H and O–H groups in total. The Bertz CT molecular complexity index is 1390. The van der Waals surface area contributed by atoms with E-state index in [1.165, 1.54) is 51.4 Å². The summed E-state index contributed by atoms with van der Waals surface area (Å²) in [6.07, 6.45) is 57.2. The van der Waals surface area contributed by atoms with Crippen LogP contribution in [0.25, 0.3) is 0 Å². The third kappa shape index (κ3) is 46.1. The molecule has 0 aromatic heterocycles. The molecule has 0 aromatic carbocycles. The molecule has 10 heteroatoms. The third-order valence-electron chi connectivity index (χ3n) is 10.9. The number of phosphoric ester groups is 1. The summed E-state index contributed by atoms with van der Waals surface area (Å²) in [5.74, 6) is -0.564. The molecule has 0 heterocycles. The number of allylic oxidation sites excluding steroid dienone is 13. The lowest BCUT2D eigenvalue weighted by Crippen LogP contribution is -2.47. The fourth-order valence-corrected chi connectivity index (χ4v) is 7.63. The first-order chi connectivity index (χ1) is 31.4. The van der Waals surface area contributed by atoms with Gasteiger partial charge in [0.25, 0.3) is 0 Å². The number of phosphoric acid groups is 1. The van der Waals surface area contributed by atoms with Crippen molar-refractivity contribution in [1.29, 1.82) is 0 Å². The molecule has 0 bridgehead atoms. The van der Waals surface area contributed by atoms with Crippen LogP contribution in [0.1, 0.15) is 201 Å². The van der Waals surface area contributed by atoms with Crippen LogP contribution in [-0.2, 0) is 27.9 Å². The number of carbonyl (C=O) groups is 2. The Labute approximate surface area is 399 Å². The number of quaternary nitrogens is 1. The number of esters is 1. The van der Waals surface area contributed by atoms with E-state index in [9.17, 15) is 19.0 Å². The van der Waals surface area contributed by atoms with E-state index < -0.39 is 20.0 Å². The van der Waals surface area contributed by atoms with Gasteiger partial charge in [0, 0.05) is 12.8 Å². The predicted molar refractivity (Wildman–Crippen MR) is 277 cm³/mol. The van der Waals surface area contributed by atoms with Crippen LogP contribution in [0.2, 0.25) is 0 Å². The molecular weight excluding hydrogens is 832 g/mol. The first-order valence-corrected chi connectivity index (χ1v) is 27.4. The van der Waals surface area contributed by atoms with E-state index in [0.29, 0.717) is 23.9 Å². The van der Waals surface area contributed by atoms with E-state index in [1.807, 2.05) is 39.4 Å². The summed E-state index contributed by atoms with van der Waals surface area (Å²) in [4.78, 5) is 37.4. The average Bonchev–Trinajstić information content (AvgIpc) is 3.26. The van der Waals surface area contributed by atoms with Gasteiger partial charge in [-0.25, -0.2) is 4.57 Å². The maximum absolute atomic E-state index is 13.4. The molecule has 0 saturated heterocycles. The molecule has 9 nitrogen and oxygen atoms in total. The highest BCUT2D eigenvalue weighted by atomic mass is 31.2. The smallest absolute Gasteiger partial charge is 0.456 e. The summed E-state index contributed by atoms with van der Waals surface area (Å²) in [5, 5.41) is 3.01. The maximum atomic E-state index is 13.4. The molecule has 0 aliphatic heterocycles. The summed E-state index contributed by atoms with van der Waals surface area (Å²) in [5.41, 5.74) is 0. The second-order valence-electron chi connectivity index (χ2n) is 18.3. The van der Waals surface area contributed by atoms with Gasteiger partial charge in [-0.15, -0.1) is 0 Å². The molecule has 0 aromatic rings. The van der Waals surface area contributed by atoms with Crippen LogP contribution < -0.4 is 5.32 Å². The molecule has 0 aliphatic carbocycles. The quantitative estimate of drug-likeness (QED) is 0.0156. The van der Waals surface area contributed by atoms with Crippen molar-refractivity contribution in [3.63, 3.8) is 0 Å². The summed E-state index contributed by atoms with van der Waals surface area (Å²) in [6.45, 7) is 6.70. The second kappa shape index (κ2) is 45.0. The molecule has 0 aliphatic rings. The SMILES string of the molecule is CC/C=C/C=C/C=C\CCCCCCCC(=O)NC(COP(=O)(O)OCC[N+](C)(C)C)C(/C=C/CCCCCCCCCCCC)OC(=O)CCCCCC/C=C/C/C=C/C/C=C/CC. The van der Waals surface area contributed by atoms with Gasteiger partial charge in [-0.1, -0.05) is 190 Å². The van der Waals surface area contributed by atoms with Gasteiger partial charge in [-0.05, 0) is 83.1 Å². The summed E-state index contributed by atoms with van der Waals surface area (Å²) in [7, 11) is 1.45. The third-order valence-corrected chi connectivity index (χ3v) is 11.9. The van der Waals surface area contributed by atoms with Crippen molar-refractivity contribution in [2.45, 2.75) is 213 Å². The van der Waals surface area contributed by atoms with Crippen molar-refractivity contribution in [3.05, 3.63) is 85.1 Å². The van der Waals surface area contributed by atoms with E-state index >= 15 is 0 Å². The minimum atomic E-state index is -4.45. The topological polar surface area (TPSA) is 111 Å². The van der Waals surface area contributed by atoms with Crippen molar-refractivity contribution in [3.8, 4) is 0 Å². The van der Waals surface area contributed by atoms with Gasteiger partial charge < -0.3 is 19.4 Å². The van der Waals surface area contributed by atoms with Gasteiger partial charge in [0.1, 0.15) is 19.3 Å². The lowest BCUT2D eigenvalue weighted by molar-refractivity contribution is -0.870. The number of unbranched alkanes of at least 4 members (excludes halogenated alkanes) is 19. The number of nitrogens with one attached hydrogen (secondary N) is 1. The Kier molecular flexibility index (Phi) is 43.1. The number of likely N-dealkylation sites (N-methyl/N-ethyl adjacent to an activating group) is 1. The van der Waals surface area contributed by atoms with Crippen LogP contribution in [0, 0.1) is 0 Å². The molecule has 0 fully saturated rings. The second-order valence-corrected chi connectivity index (χ2v) is 19.8. The van der Waals surface area contributed by atoms with E-state index in [0.717, 1.165) is 109 Å². The number of amides is 1. The number of hydrogen-bond acceptors (Lipinski definition) is 6. The maximum Gasteiger partial charge on any atom is 0.472 e. The van der Waals surface area contributed by atoms with Crippen LogP contribution in [-0.4, -0.2) is 74.3 Å². The van der Waals surface area contributed by atoms with Gasteiger partial charge in [0.15, 0.2) is 0 Å². The monoisotopic (exact) mass is 930 g/mol. The Morgan fingerprint density at radius 3 is 1.65 bits per heavy atom. The zero-order valence-electron chi connectivity index (χ0n) is 42.4. The van der Waals surface area contributed by atoms with Gasteiger partial charge >= 0.3 is 13.8 Å². The Hall–Kier alpha value is -2.81. The van der Waals surface area contributed by atoms with Crippen LogP contribution in [0.15, 0.2) is 85.1 Å². The molecule has 0 rings (SSSR count). The lowest BCUT2D eigenvalue weighted by atomic mass is 10.0. The van der Waals surface area contributed by atoms with E-state index in [2.05, 4.69) is 92.9 Å². The molecule has 1 amide bonds. The zero-order valence-corrected chi connectivity index (χ0v) is 43.3. The van der Waals surface area contributed by atoms with Gasteiger partial charge in [0.05, 0.1) is 33.8 Å². The highest BCUT2D eigenvalue weighted by molar-refractivity contribution is 7.47. The Balaban J connectivity index is 5.52. The summed E-state index contributed by atoms with van der Waals surface area (Å²) in [6, 6.07) is -0.870. The lowest BCUT2D eigenvalue weighted by Gasteiger charge is -2.27. The van der Waals surface area contributed by atoms with Crippen molar-refractivity contribution in [1.82, 2.24) is 5.32 Å². The first kappa shape index (κ1) is 62.2. The van der Waals surface area contributed by atoms with Gasteiger partial charge in [-0.2, -0.15) is 0 Å². The molecule has 0 radical (unpaired) electrons. The van der Waals surface area contributed by atoms with Crippen molar-refractivity contribution >= 4 is 19.7 Å². The van der Waals surface area contributed by atoms with Crippen LogP contribution in [0.3, 0.4) is 0 Å². The molecule has 0 spiro atoms. The number of hydrogen-bond donors (Lipinski definition) is 2. The first-order valence-electron chi connectivity index (χ1n) is 25.9. The minimum absolute atomic E-state index is 0.0281. The standard InChI is InChI=1S/C55H97N2O7P/c1-7-10-13-16-19-22-25-28-30-33-36-39-42-45-48-55(59)64-53(46-43-40-37-34-31-27-24-21-18-15-12-9-3)52(51-63-65(60,61)62-50-49-57(4,5)6)56-54(58)47-44-41-38-35-32-29-26-23-20-17-14-11-8-2/h10-11,13-14,17,19-20,22-23,26,28,30,43,46,52-53H,7-9,12,15-16,18,21,24-25,27,29,31-42,44-45,47-51H2,1-6H3,(H-,56,58,60,61)/p+1/b13-10+,14-11+,20-17+,22-19+,26-23-,30-28+,46-43+. The molecular formula is C55H98N2O7P+. The Morgan fingerprint density at radius 2 is 1.06 bits per heavy atom. The molecule has 3 unspecified atom stereocenters. The van der Waals surface area contributed by atoms with Crippen LogP contribution in [0.4, 0.5) is 0 Å². The number of nitrogens with zero attached hydrogens (tertiary/aromatic N) is 1. The van der Waals surface area contributed by atoms with Crippen LogP contribution in [0.5, 0.6) is 0 Å². The summed E-state index contributed by atoms with van der Waals surface area (Å²) < 4.78 is 30.5. The number of rotatable bonds is 45. The normalized spacial score (nSPS) is 14.6.